The van der Waals surface area contributed by atoms with Gasteiger partial charge in [-0.15, -0.1) is 11.3 Å². The SMILES string of the molecule is COc1c(-c2nc(C3CC3)sc2N)c(C)nn1C. The number of nitrogen functional groups attached to an aromatic ring is 1. The topological polar surface area (TPSA) is 66.0 Å². The Balaban J connectivity index is 2.13. The van der Waals surface area contributed by atoms with E-state index in [1.54, 1.807) is 23.1 Å². The maximum absolute atomic E-state index is 6.10. The number of aryl methyl sites for hydroxylation is 2. The molecule has 2 N–H and O–H groups in total. The minimum absolute atomic E-state index is 0.619. The molecular weight excluding hydrogens is 248 g/mol. The van der Waals surface area contributed by atoms with Crippen LogP contribution in [0.4, 0.5) is 5.00 Å². The van der Waals surface area contributed by atoms with E-state index in [9.17, 15) is 0 Å². The number of rotatable bonds is 3. The van der Waals surface area contributed by atoms with E-state index in [4.69, 9.17) is 10.5 Å². The highest BCUT2D eigenvalue weighted by Crippen LogP contribution is 2.46. The molecule has 2 aromatic rings. The maximum Gasteiger partial charge on any atom is 0.221 e. The van der Waals surface area contributed by atoms with Crippen molar-refractivity contribution in [1.29, 1.82) is 0 Å². The number of hydrogen-bond acceptors (Lipinski definition) is 5. The summed E-state index contributed by atoms with van der Waals surface area (Å²) in [5, 5.41) is 6.27. The van der Waals surface area contributed by atoms with Crippen LogP contribution in [0.2, 0.25) is 0 Å². The molecule has 96 valence electrons. The first kappa shape index (κ1) is 11.5. The van der Waals surface area contributed by atoms with Crippen molar-refractivity contribution in [3.63, 3.8) is 0 Å². The van der Waals surface area contributed by atoms with Gasteiger partial charge in [0.1, 0.15) is 10.7 Å². The molecule has 0 saturated heterocycles. The molecule has 1 aliphatic rings. The number of nitrogens with zero attached hydrogens (tertiary/aromatic N) is 3. The third-order valence-corrected chi connectivity index (χ3v) is 4.24. The van der Waals surface area contributed by atoms with Crippen molar-refractivity contribution < 1.29 is 4.74 Å². The Labute approximate surface area is 110 Å². The number of anilines is 1. The summed E-state index contributed by atoms with van der Waals surface area (Å²) in [4.78, 5) is 4.68. The van der Waals surface area contributed by atoms with Gasteiger partial charge >= 0.3 is 0 Å². The molecule has 0 atom stereocenters. The second kappa shape index (κ2) is 3.98. The summed E-state index contributed by atoms with van der Waals surface area (Å²) in [6, 6.07) is 0. The molecule has 18 heavy (non-hydrogen) atoms. The minimum Gasteiger partial charge on any atom is -0.481 e. The fourth-order valence-corrected chi connectivity index (χ4v) is 3.19. The Bertz CT molecular complexity index is 597. The summed E-state index contributed by atoms with van der Waals surface area (Å²) in [5.74, 6) is 1.33. The average Bonchev–Trinajstić information content (AvgIpc) is 3.04. The fourth-order valence-electron chi connectivity index (χ4n) is 2.18. The van der Waals surface area contributed by atoms with Crippen molar-refractivity contribution in [3.05, 3.63) is 10.7 Å². The van der Waals surface area contributed by atoms with Crippen LogP contribution in [0.15, 0.2) is 0 Å². The molecule has 1 saturated carbocycles. The second-order valence-corrected chi connectivity index (χ2v) is 5.69. The van der Waals surface area contributed by atoms with E-state index < -0.39 is 0 Å². The first-order valence-corrected chi connectivity index (χ1v) is 6.77. The lowest BCUT2D eigenvalue weighted by molar-refractivity contribution is 0.374. The molecule has 2 aromatic heterocycles. The number of ether oxygens (including phenoxy) is 1. The fraction of sp³-hybridized carbons (Fsp3) is 0.500. The summed E-state index contributed by atoms with van der Waals surface area (Å²) in [7, 11) is 3.50. The van der Waals surface area contributed by atoms with Gasteiger partial charge in [-0.25, -0.2) is 9.67 Å². The standard InChI is InChI=1S/C12H16N4OS/c1-6-8(12(17-3)16(2)15-6)9-10(13)18-11(14-9)7-4-5-7/h7H,4-5,13H2,1-3H3. The van der Waals surface area contributed by atoms with Crippen LogP contribution in [-0.2, 0) is 7.05 Å². The van der Waals surface area contributed by atoms with Crippen LogP contribution in [0.25, 0.3) is 11.3 Å². The van der Waals surface area contributed by atoms with Crippen LogP contribution in [0.3, 0.4) is 0 Å². The zero-order valence-electron chi connectivity index (χ0n) is 10.7. The molecule has 0 aliphatic heterocycles. The van der Waals surface area contributed by atoms with Gasteiger partial charge in [-0.05, 0) is 19.8 Å². The summed E-state index contributed by atoms with van der Waals surface area (Å²) in [6.07, 6.45) is 2.46. The number of aromatic nitrogens is 3. The van der Waals surface area contributed by atoms with E-state index in [0.29, 0.717) is 11.8 Å². The van der Waals surface area contributed by atoms with E-state index in [-0.39, 0.29) is 0 Å². The van der Waals surface area contributed by atoms with Gasteiger partial charge < -0.3 is 10.5 Å². The van der Waals surface area contributed by atoms with Gasteiger partial charge in [-0.3, -0.25) is 0 Å². The predicted octanol–water partition coefficient (Wildman–Crippen LogP) is 2.32. The third kappa shape index (κ3) is 1.68. The Morgan fingerprint density at radius 3 is 2.78 bits per heavy atom. The molecule has 0 unspecified atom stereocenters. The molecule has 2 heterocycles. The molecule has 0 bridgehead atoms. The summed E-state index contributed by atoms with van der Waals surface area (Å²) in [6.45, 7) is 1.95. The molecule has 3 rings (SSSR count). The number of nitrogens with two attached hydrogens (primary N) is 1. The highest BCUT2D eigenvalue weighted by atomic mass is 32.1. The molecule has 1 fully saturated rings. The quantitative estimate of drug-likeness (QED) is 0.924. The van der Waals surface area contributed by atoms with Crippen LogP contribution in [0, 0.1) is 6.92 Å². The van der Waals surface area contributed by atoms with Crippen molar-refractivity contribution in [2.45, 2.75) is 25.7 Å². The molecule has 5 nitrogen and oxygen atoms in total. The summed E-state index contributed by atoms with van der Waals surface area (Å²) in [5.41, 5.74) is 8.74. The number of thiazole rings is 1. The summed E-state index contributed by atoms with van der Waals surface area (Å²) >= 11 is 1.59. The van der Waals surface area contributed by atoms with E-state index in [0.717, 1.165) is 27.0 Å². The van der Waals surface area contributed by atoms with E-state index in [1.165, 1.54) is 12.8 Å². The van der Waals surface area contributed by atoms with Crippen molar-refractivity contribution in [1.82, 2.24) is 14.8 Å². The highest BCUT2D eigenvalue weighted by Gasteiger charge is 2.30. The highest BCUT2D eigenvalue weighted by molar-refractivity contribution is 7.16. The molecule has 0 amide bonds. The molecule has 0 spiro atoms. The van der Waals surface area contributed by atoms with Gasteiger partial charge in [0.2, 0.25) is 5.88 Å². The Kier molecular flexibility index (Phi) is 2.55. The van der Waals surface area contributed by atoms with Gasteiger partial charge in [0.05, 0.1) is 23.4 Å². The van der Waals surface area contributed by atoms with Crippen LogP contribution >= 0.6 is 11.3 Å². The molecule has 1 aliphatic carbocycles. The number of methoxy groups -OCH3 is 1. The molecular formula is C12H16N4OS. The normalized spacial score (nSPS) is 15.1. The van der Waals surface area contributed by atoms with Gasteiger partial charge in [0.15, 0.2) is 0 Å². The van der Waals surface area contributed by atoms with Crippen molar-refractivity contribution in [2.24, 2.45) is 7.05 Å². The zero-order valence-corrected chi connectivity index (χ0v) is 11.5. The molecule has 0 aromatic carbocycles. The van der Waals surface area contributed by atoms with Gasteiger partial charge in [-0.1, -0.05) is 0 Å². The van der Waals surface area contributed by atoms with Crippen LogP contribution in [-0.4, -0.2) is 21.9 Å². The first-order chi connectivity index (χ1) is 8.61. The van der Waals surface area contributed by atoms with Crippen LogP contribution in [0.1, 0.15) is 29.5 Å². The Hall–Kier alpha value is -1.56. The first-order valence-electron chi connectivity index (χ1n) is 5.96. The maximum atomic E-state index is 6.10. The summed E-state index contributed by atoms with van der Waals surface area (Å²) < 4.78 is 7.12. The minimum atomic E-state index is 0.619. The van der Waals surface area contributed by atoms with Crippen molar-refractivity contribution in [3.8, 4) is 17.1 Å². The zero-order chi connectivity index (χ0) is 12.9. The Morgan fingerprint density at radius 1 is 1.44 bits per heavy atom. The number of hydrogen-bond donors (Lipinski definition) is 1. The van der Waals surface area contributed by atoms with E-state index >= 15 is 0 Å². The van der Waals surface area contributed by atoms with Crippen molar-refractivity contribution in [2.75, 3.05) is 12.8 Å². The van der Waals surface area contributed by atoms with Crippen LogP contribution < -0.4 is 10.5 Å². The predicted molar refractivity (Wildman–Crippen MR) is 72.0 cm³/mol. The van der Waals surface area contributed by atoms with E-state index in [2.05, 4.69) is 10.1 Å². The Morgan fingerprint density at radius 2 is 2.17 bits per heavy atom. The average molecular weight is 264 g/mol. The third-order valence-electron chi connectivity index (χ3n) is 3.20. The second-order valence-electron chi connectivity index (χ2n) is 4.63. The van der Waals surface area contributed by atoms with Crippen molar-refractivity contribution >= 4 is 16.3 Å². The lowest BCUT2D eigenvalue weighted by atomic mass is 10.2. The van der Waals surface area contributed by atoms with Crippen LogP contribution in [0.5, 0.6) is 5.88 Å². The van der Waals surface area contributed by atoms with Gasteiger partial charge in [-0.2, -0.15) is 5.10 Å². The molecule has 0 radical (unpaired) electrons. The van der Waals surface area contributed by atoms with E-state index in [1.807, 2.05) is 14.0 Å². The molecule has 6 heteroatoms. The van der Waals surface area contributed by atoms with Gasteiger partial charge in [0.25, 0.3) is 0 Å². The lowest BCUT2D eigenvalue weighted by Crippen LogP contribution is -1.96. The largest absolute Gasteiger partial charge is 0.481 e. The lowest BCUT2D eigenvalue weighted by Gasteiger charge is -2.03. The van der Waals surface area contributed by atoms with Gasteiger partial charge in [0, 0.05) is 13.0 Å². The smallest absolute Gasteiger partial charge is 0.221 e. The monoisotopic (exact) mass is 264 g/mol.